The van der Waals surface area contributed by atoms with E-state index in [0.717, 1.165) is 17.8 Å². The summed E-state index contributed by atoms with van der Waals surface area (Å²) >= 11 is 1.42. The van der Waals surface area contributed by atoms with E-state index in [0.29, 0.717) is 5.69 Å². The lowest BCUT2D eigenvalue weighted by Crippen LogP contribution is -2.46. The third-order valence-corrected chi connectivity index (χ3v) is 3.44. The lowest BCUT2D eigenvalue weighted by atomic mass is 10.1. The molecule has 1 aromatic heterocycles. The Morgan fingerprint density at radius 2 is 2.47 bits per heavy atom. The molecular formula is C10H14N4O2S. The molecule has 1 saturated carbocycles. The number of carbonyl (C=O) groups is 1. The number of aromatic nitrogens is 1. The molecule has 17 heavy (non-hydrogen) atoms. The van der Waals surface area contributed by atoms with Crippen molar-refractivity contribution < 1.29 is 10.0 Å². The number of oxime groups is 1. The lowest BCUT2D eigenvalue weighted by Gasteiger charge is -2.15. The predicted octanol–water partition coefficient (Wildman–Crippen LogP) is 0.706. The van der Waals surface area contributed by atoms with Gasteiger partial charge in [-0.15, -0.1) is 11.3 Å². The maximum atomic E-state index is 11.9. The molecule has 92 valence electrons. The van der Waals surface area contributed by atoms with Gasteiger partial charge in [-0.05, 0) is 25.7 Å². The highest BCUT2D eigenvalue weighted by atomic mass is 32.1. The van der Waals surface area contributed by atoms with Crippen molar-refractivity contribution >= 4 is 23.1 Å². The first-order valence-corrected chi connectivity index (χ1v) is 6.20. The topological polar surface area (TPSA) is 101 Å². The minimum Gasteiger partial charge on any atom is -0.409 e. The second kappa shape index (κ2) is 4.70. The third kappa shape index (κ3) is 2.73. The number of rotatable bonds is 4. The Labute approximate surface area is 103 Å². The Balaban J connectivity index is 2.05. The van der Waals surface area contributed by atoms with Crippen molar-refractivity contribution in [2.75, 3.05) is 0 Å². The maximum Gasteiger partial charge on any atom is 0.271 e. The van der Waals surface area contributed by atoms with E-state index >= 15 is 0 Å². The normalized spacial score (nSPS) is 17.8. The zero-order valence-corrected chi connectivity index (χ0v) is 10.2. The first-order valence-electron chi connectivity index (χ1n) is 5.32. The Bertz CT molecular complexity index is 453. The Morgan fingerprint density at radius 3 is 2.94 bits per heavy atom. The summed E-state index contributed by atoms with van der Waals surface area (Å²) in [4.78, 5) is 16.0. The van der Waals surface area contributed by atoms with Crippen molar-refractivity contribution in [2.24, 2.45) is 16.8 Å². The summed E-state index contributed by atoms with van der Waals surface area (Å²) in [7, 11) is 0. The minimum absolute atomic E-state index is 0.0489. The zero-order chi connectivity index (χ0) is 12.4. The largest absolute Gasteiger partial charge is 0.409 e. The zero-order valence-electron chi connectivity index (χ0n) is 9.38. The number of hydrogen-bond acceptors (Lipinski definition) is 5. The van der Waals surface area contributed by atoms with Gasteiger partial charge < -0.3 is 16.3 Å². The first kappa shape index (κ1) is 11.8. The number of carbonyl (C=O) groups excluding carboxylic acids is 1. The average molecular weight is 254 g/mol. The van der Waals surface area contributed by atoms with Gasteiger partial charge in [0.15, 0.2) is 5.84 Å². The van der Waals surface area contributed by atoms with Crippen LogP contribution in [0.4, 0.5) is 0 Å². The number of hydrogen-bond donors (Lipinski definition) is 3. The summed E-state index contributed by atoms with van der Waals surface area (Å²) in [6.45, 7) is 1.84. The highest BCUT2D eigenvalue weighted by molar-refractivity contribution is 7.09. The van der Waals surface area contributed by atoms with Gasteiger partial charge in [-0.1, -0.05) is 5.16 Å². The van der Waals surface area contributed by atoms with Crippen LogP contribution in [0.2, 0.25) is 0 Å². The number of aryl methyl sites for hydroxylation is 1. The van der Waals surface area contributed by atoms with Gasteiger partial charge in [-0.3, -0.25) is 4.79 Å². The molecule has 1 amide bonds. The Hall–Kier alpha value is -1.63. The highest BCUT2D eigenvalue weighted by Gasteiger charge is 2.35. The number of amidine groups is 1. The molecule has 1 unspecified atom stereocenters. The number of nitrogens with one attached hydrogen (secondary N) is 1. The first-order chi connectivity index (χ1) is 8.11. The molecule has 0 aliphatic heterocycles. The van der Waals surface area contributed by atoms with Crippen LogP contribution < -0.4 is 11.1 Å². The third-order valence-electron chi connectivity index (χ3n) is 2.67. The second-order valence-corrected chi connectivity index (χ2v) is 5.13. The van der Waals surface area contributed by atoms with Crippen LogP contribution in [0.25, 0.3) is 0 Å². The molecule has 1 aliphatic carbocycles. The van der Waals surface area contributed by atoms with E-state index in [2.05, 4.69) is 15.5 Å². The van der Waals surface area contributed by atoms with Gasteiger partial charge in [-0.25, -0.2) is 4.98 Å². The molecule has 0 radical (unpaired) electrons. The van der Waals surface area contributed by atoms with Crippen LogP contribution in [-0.4, -0.2) is 28.0 Å². The van der Waals surface area contributed by atoms with Crippen LogP contribution in [0, 0.1) is 12.8 Å². The molecule has 1 aliphatic rings. The molecule has 1 atom stereocenters. The number of thiazole rings is 1. The summed E-state index contributed by atoms with van der Waals surface area (Å²) < 4.78 is 0. The molecule has 1 heterocycles. The molecule has 0 aromatic carbocycles. The fourth-order valence-corrected chi connectivity index (χ4v) is 2.20. The van der Waals surface area contributed by atoms with Crippen LogP contribution >= 0.6 is 11.3 Å². The summed E-state index contributed by atoms with van der Waals surface area (Å²) in [6.07, 6.45) is 1.97. The van der Waals surface area contributed by atoms with Crippen LogP contribution in [0.15, 0.2) is 10.5 Å². The van der Waals surface area contributed by atoms with E-state index < -0.39 is 6.04 Å². The van der Waals surface area contributed by atoms with E-state index in [1.165, 1.54) is 11.3 Å². The number of nitrogens with zero attached hydrogens (tertiary/aromatic N) is 2. The van der Waals surface area contributed by atoms with Crippen LogP contribution in [-0.2, 0) is 0 Å². The summed E-state index contributed by atoms with van der Waals surface area (Å²) in [5.41, 5.74) is 5.94. The van der Waals surface area contributed by atoms with Crippen molar-refractivity contribution in [3.8, 4) is 0 Å². The predicted molar refractivity (Wildman–Crippen MR) is 64.2 cm³/mol. The molecule has 4 N–H and O–H groups in total. The van der Waals surface area contributed by atoms with Gasteiger partial charge in [-0.2, -0.15) is 0 Å². The van der Waals surface area contributed by atoms with Gasteiger partial charge in [0.2, 0.25) is 0 Å². The quantitative estimate of drug-likeness (QED) is 0.319. The van der Waals surface area contributed by atoms with Gasteiger partial charge in [0.25, 0.3) is 5.91 Å². The van der Waals surface area contributed by atoms with Gasteiger partial charge in [0, 0.05) is 5.38 Å². The molecule has 7 heteroatoms. The van der Waals surface area contributed by atoms with Gasteiger partial charge >= 0.3 is 0 Å². The average Bonchev–Trinajstić information content (AvgIpc) is 3.06. The van der Waals surface area contributed by atoms with Crippen molar-refractivity contribution in [1.82, 2.24) is 10.3 Å². The van der Waals surface area contributed by atoms with Crippen molar-refractivity contribution in [2.45, 2.75) is 25.8 Å². The van der Waals surface area contributed by atoms with Gasteiger partial charge in [0.1, 0.15) is 5.69 Å². The minimum atomic E-state index is -0.394. The standard InChI is InChI=1S/C10H14N4O2S/c1-5-12-7(4-17-5)10(15)13-8(6-2-3-6)9(11)14-16/h4,6,8,16H,2-3H2,1H3,(H2,11,14)(H,13,15). The van der Waals surface area contributed by atoms with Crippen molar-refractivity contribution in [3.05, 3.63) is 16.1 Å². The monoisotopic (exact) mass is 254 g/mol. The summed E-state index contributed by atoms with van der Waals surface area (Å²) in [5, 5.41) is 16.9. The van der Waals surface area contributed by atoms with Crippen molar-refractivity contribution in [3.63, 3.8) is 0 Å². The fraction of sp³-hybridized carbons (Fsp3) is 0.500. The molecule has 0 saturated heterocycles. The smallest absolute Gasteiger partial charge is 0.271 e. The summed E-state index contributed by atoms with van der Waals surface area (Å²) in [6, 6.07) is -0.394. The van der Waals surface area contributed by atoms with E-state index in [1.807, 2.05) is 6.92 Å². The van der Waals surface area contributed by atoms with Crippen molar-refractivity contribution in [1.29, 1.82) is 0 Å². The molecular weight excluding hydrogens is 240 g/mol. The van der Waals surface area contributed by atoms with E-state index in [9.17, 15) is 4.79 Å². The van der Waals surface area contributed by atoms with E-state index in [1.54, 1.807) is 5.38 Å². The van der Waals surface area contributed by atoms with E-state index in [4.69, 9.17) is 10.9 Å². The summed E-state index contributed by atoms with van der Waals surface area (Å²) in [5.74, 6) is 0.0419. The van der Waals surface area contributed by atoms with Gasteiger partial charge in [0.05, 0.1) is 11.0 Å². The molecule has 0 bridgehead atoms. The molecule has 1 aromatic rings. The Kier molecular flexibility index (Phi) is 3.28. The second-order valence-electron chi connectivity index (χ2n) is 4.07. The molecule has 0 spiro atoms. The highest BCUT2D eigenvalue weighted by Crippen LogP contribution is 2.32. The molecule has 6 nitrogen and oxygen atoms in total. The van der Waals surface area contributed by atoms with Crippen LogP contribution in [0.3, 0.4) is 0 Å². The van der Waals surface area contributed by atoms with Crippen LogP contribution in [0.1, 0.15) is 28.3 Å². The molecule has 1 fully saturated rings. The maximum absolute atomic E-state index is 11.9. The lowest BCUT2D eigenvalue weighted by molar-refractivity contribution is 0.0938. The Morgan fingerprint density at radius 1 is 1.76 bits per heavy atom. The fourth-order valence-electron chi connectivity index (χ4n) is 1.61. The van der Waals surface area contributed by atoms with E-state index in [-0.39, 0.29) is 17.7 Å². The number of amides is 1. The number of nitrogens with two attached hydrogens (primary N) is 1. The SMILES string of the molecule is Cc1nc(C(=O)NC(C(N)=NO)C2CC2)cs1. The molecule has 2 rings (SSSR count). The van der Waals surface area contributed by atoms with Crippen LogP contribution in [0.5, 0.6) is 0 Å².